The number of carbonyl (C=O) groups excluding carboxylic acids is 2. The van der Waals surface area contributed by atoms with E-state index in [9.17, 15) is 9.59 Å². The molecule has 1 unspecified atom stereocenters. The van der Waals surface area contributed by atoms with Gasteiger partial charge in [-0.25, -0.2) is 4.98 Å². The predicted molar refractivity (Wildman–Crippen MR) is 118 cm³/mol. The molecule has 7 heteroatoms. The summed E-state index contributed by atoms with van der Waals surface area (Å²) in [7, 11) is 0. The van der Waals surface area contributed by atoms with Gasteiger partial charge in [0.15, 0.2) is 0 Å². The maximum atomic E-state index is 12.8. The third-order valence-corrected chi connectivity index (χ3v) is 5.83. The second-order valence-electron chi connectivity index (χ2n) is 7.70. The summed E-state index contributed by atoms with van der Waals surface area (Å²) in [6.07, 6.45) is 2.80. The van der Waals surface area contributed by atoms with Crippen LogP contribution in [0.3, 0.4) is 0 Å². The number of aromatic amines is 1. The summed E-state index contributed by atoms with van der Waals surface area (Å²) in [6.45, 7) is 5.50. The van der Waals surface area contributed by atoms with Gasteiger partial charge in [0.25, 0.3) is 11.8 Å². The largest absolute Gasteiger partial charge is 0.342 e. The molecule has 6 nitrogen and oxygen atoms in total. The lowest BCUT2D eigenvalue weighted by Crippen LogP contribution is -2.29. The lowest BCUT2D eigenvalue weighted by molar-refractivity contribution is 0.0790. The number of halogens is 1. The number of amides is 2. The molecule has 0 bridgehead atoms. The van der Waals surface area contributed by atoms with E-state index >= 15 is 0 Å². The second kappa shape index (κ2) is 8.48. The number of likely N-dealkylation sites (tertiary alicyclic amines) is 1. The number of imidazole rings is 1. The number of nitrogens with one attached hydrogen (secondary N) is 2. The van der Waals surface area contributed by atoms with Gasteiger partial charge in [-0.3, -0.25) is 9.59 Å². The first-order valence-corrected chi connectivity index (χ1v) is 10.7. The number of hydrogen-bond donors (Lipinski definition) is 2. The molecule has 1 aromatic heterocycles. The first-order valence-electron chi connectivity index (χ1n) is 10.3. The van der Waals surface area contributed by atoms with E-state index in [0.29, 0.717) is 28.4 Å². The van der Waals surface area contributed by atoms with Crippen molar-refractivity contribution >= 4 is 34.4 Å². The Kier molecular flexibility index (Phi) is 5.77. The van der Waals surface area contributed by atoms with Gasteiger partial charge >= 0.3 is 0 Å². The van der Waals surface area contributed by atoms with Crippen LogP contribution in [-0.4, -0.2) is 39.8 Å². The quantitative estimate of drug-likeness (QED) is 0.632. The van der Waals surface area contributed by atoms with E-state index in [-0.39, 0.29) is 17.9 Å². The van der Waals surface area contributed by atoms with Gasteiger partial charge in [0.05, 0.1) is 17.1 Å². The first-order chi connectivity index (χ1) is 14.5. The molecule has 2 N–H and O–H groups in total. The predicted octanol–water partition coefficient (Wildman–Crippen LogP) is 4.51. The smallest absolute Gasteiger partial charge is 0.254 e. The maximum absolute atomic E-state index is 12.8. The summed E-state index contributed by atoms with van der Waals surface area (Å²) >= 11 is 6.03. The molecule has 156 valence electrons. The van der Waals surface area contributed by atoms with Crippen molar-refractivity contribution in [3.8, 4) is 0 Å². The van der Waals surface area contributed by atoms with Crippen molar-refractivity contribution in [2.45, 2.75) is 39.2 Å². The van der Waals surface area contributed by atoms with E-state index in [0.717, 1.165) is 42.5 Å². The van der Waals surface area contributed by atoms with Crippen LogP contribution in [0.1, 0.15) is 64.8 Å². The highest BCUT2D eigenvalue weighted by Gasteiger charge is 2.22. The summed E-state index contributed by atoms with van der Waals surface area (Å²) < 4.78 is 0. The number of rotatable bonds is 5. The fraction of sp³-hybridized carbons (Fsp3) is 0.348. The topological polar surface area (TPSA) is 78.1 Å². The minimum absolute atomic E-state index is 0.0608. The van der Waals surface area contributed by atoms with Gasteiger partial charge in [0, 0.05) is 29.2 Å². The number of aromatic nitrogens is 2. The number of hydrogen-bond acceptors (Lipinski definition) is 3. The number of benzene rings is 2. The van der Waals surface area contributed by atoms with Crippen LogP contribution >= 0.6 is 11.6 Å². The first kappa shape index (κ1) is 20.4. The Morgan fingerprint density at radius 1 is 1.20 bits per heavy atom. The average Bonchev–Trinajstić information content (AvgIpc) is 3.42. The molecule has 1 fully saturated rings. The molecule has 0 aliphatic carbocycles. The normalized spacial score (nSPS) is 14.8. The summed E-state index contributed by atoms with van der Waals surface area (Å²) in [5.74, 6) is 0.527. The van der Waals surface area contributed by atoms with Crippen molar-refractivity contribution in [2.75, 3.05) is 13.1 Å². The lowest BCUT2D eigenvalue weighted by Gasteiger charge is -2.18. The van der Waals surface area contributed by atoms with Crippen molar-refractivity contribution in [1.29, 1.82) is 0 Å². The zero-order valence-corrected chi connectivity index (χ0v) is 17.9. The fourth-order valence-corrected chi connectivity index (χ4v) is 4.05. The Labute approximate surface area is 180 Å². The zero-order valence-electron chi connectivity index (χ0n) is 17.2. The van der Waals surface area contributed by atoms with E-state index < -0.39 is 0 Å². The van der Waals surface area contributed by atoms with E-state index in [4.69, 9.17) is 11.6 Å². The third kappa shape index (κ3) is 4.05. The lowest BCUT2D eigenvalue weighted by atomic mass is 10.00. The molecule has 4 rings (SSSR count). The SMILES string of the molecule is CCc1cc(C(=O)NC(C)c2nc3ccc(Cl)cc3[nH]2)ccc1C(=O)N1CCCC1. The molecule has 3 aromatic rings. The molecule has 0 radical (unpaired) electrons. The van der Waals surface area contributed by atoms with E-state index in [1.807, 2.05) is 36.9 Å². The van der Waals surface area contributed by atoms with Crippen LogP contribution in [0.4, 0.5) is 0 Å². The van der Waals surface area contributed by atoms with Crippen molar-refractivity contribution in [1.82, 2.24) is 20.2 Å². The maximum Gasteiger partial charge on any atom is 0.254 e. The second-order valence-corrected chi connectivity index (χ2v) is 8.14. The third-order valence-electron chi connectivity index (χ3n) is 5.59. The van der Waals surface area contributed by atoms with Crippen LogP contribution in [0.2, 0.25) is 5.02 Å². The molecule has 2 heterocycles. The van der Waals surface area contributed by atoms with Crippen molar-refractivity contribution in [2.24, 2.45) is 0 Å². The highest BCUT2D eigenvalue weighted by molar-refractivity contribution is 6.31. The number of aryl methyl sites for hydroxylation is 1. The minimum atomic E-state index is -0.306. The Balaban J connectivity index is 1.51. The Morgan fingerprint density at radius 3 is 2.70 bits per heavy atom. The molecule has 0 spiro atoms. The summed E-state index contributed by atoms with van der Waals surface area (Å²) in [5.41, 5.74) is 3.75. The van der Waals surface area contributed by atoms with E-state index in [2.05, 4.69) is 15.3 Å². The molecular formula is C23H25ClN4O2. The Hall–Kier alpha value is -2.86. The van der Waals surface area contributed by atoms with Crippen LogP contribution in [0.15, 0.2) is 36.4 Å². The number of fused-ring (bicyclic) bond motifs is 1. The molecule has 2 aromatic carbocycles. The van der Waals surface area contributed by atoms with Gasteiger partial charge in [-0.15, -0.1) is 0 Å². The van der Waals surface area contributed by atoms with Crippen molar-refractivity contribution < 1.29 is 9.59 Å². The van der Waals surface area contributed by atoms with E-state index in [1.165, 1.54) is 0 Å². The molecule has 30 heavy (non-hydrogen) atoms. The number of carbonyl (C=O) groups is 2. The molecular weight excluding hydrogens is 400 g/mol. The standard InChI is InChI=1S/C23H25ClN4O2/c1-3-15-12-16(6-8-18(15)23(30)28-10-4-5-11-28)22(29)25-14(2)21-26-19-9-7-17(24)13-20(19)27-21/h6-9,12-14H,3-5,10-11H2,1-2H3,(H,25,29)(H,26,27). The van der Waals surface area contributed by atoms with Gasteiger partial charge in [-0.05, 0) is 68.1 Å². The van der Waals surface area contributed by atoms with Crippen LogP contribution in [0.25, 0.3) is 11.0 Å². The van der Waals surface area contributed by atoms with Crippen LogP contribution in [0.5, 0.6) is 0 Å². The summed E-state index contributed by atoms with van der Waals surface area (Å²) in [5, 5.41) is 3.61. The van der Waals surface area contributed by atoms with Gasteiger partial charge in [-0.1, -0.05) is 18.5 Å². The van der Waals surface area contributed by atoms with Crippen molar-refractivity contribution in [3.63, 3.8) is 0 Å². The molecule has 1 aliphatic rings. The highest BCUT2D eigenvalue weighted by atomic mass is 35.5. The van der Waals surface area contributed by atoms with Gasteiger partial charge in [-0.2, -0.15) is 0 Å². The van der Waals surface area contributed by atoms with Gasteiger partial charge in [0.2, 0.25) is 0 Å². The fourth-order valence-electron chi connectivity index (χ4n) is 3.88. The molecule has 2 amide bonds. The Bertz CT molecular complexity index is 1100. The van der Waals surface area contributed by atoms with E-state index in [1.54, 1.807) is 18.2 Å². The molecule has 1 aliphatic heterocycles. The number of H-pyrrole nitrogens is 1. The van der Waals surface area contributed by atoms with Crippen LogP contribution in [-0.2, 0) is 6.42 Å². The Morgan fingerprint density at radius 2 is 1.97 bits per heavy atom. The molecule has 1 saturated heterocycles. The molecule has 0 saturated carbocycles. The van der Waals surface area contributed by atoms with Crippen LogP contribution < -0.4 is 5.32 Å². The average molecular weight is 425 g/mol. The summed E-state index contributed by atoms with van der Waals surface area (Å²) in [4.78, 5) is 35.3. The molecule has 1 atom stereocenters. The zero-order chi connectivity index (χ0) is 21.3. The highest BCUT2D eigenvalue weighted by Crippen LogP contribution is 2.21. The van der Waals surface area contributed by atoms with Gasteiger partial charge < -0.3 is 15.2 Å². The number of nitrogens with zero attached hydrogens (tertiary/aromatic N) is 2. The van der Waals surface area contributed by atoms with Crippen LogP contribution in [0, 0.1) is 0 Å². The monoisotopic (exact) mass is 424 g/mol. The summed E-state index contributed by atoms with van der Waals surface area (Å²) in [6, 6.07) is 10.5. The minimum Gasteiger partial charge on any atom is -0.342 e. The van der Waals surface area contributed by atoms with Gasteiger partial charge in [0.1, 0.15) is 5.82 Å². The van der Waals surface area contributed by atoms with Crippen molar-refractivity contribution in [3.05, 3.63) is 63.9 Å².